The lowest BCUT2D eigenvalue weighted by Crippen LogP contribution is -2.03. The number of halogens is 1. The molecule has 0 radical (unpaired) electrons. The Morgan fingerprint density at radius 2 is 1.74 bits per heavy atom. The van der Waals surface area contributed by atoms with Crippen LogP contribution in [0.15, 0.2) is 53.7 Å². The molecule has 4 heteroatoms. The van der Waals surface area contributed by atoms with E-state index in [9.17, 15) is 5.11 Å². The van der Waals surface area contributed by atoms with E-state index in [1.54, 1.807) is 24.3 Å². The third-order valence-corrected chi connectivity index (χ3v) is 3.15. The third kappa shape index (κ3) is 3.48. The second kappa shape index (κ2) is 6.25. The summed E-state index contributed by atoms with van der Waals surface area (Å²) >= 11 is 5.82. The first kappa shape index (κ1) is 13.4. The van der Waals surface area contributed by atoms with Gasteiger partial charge in [0.05, 0.1) is 5.71 Å². The summed E-state index contributed by atoms with van der Waals surface area (Å²) in [5, 5.41) is 22.8. The molecule has 98 valence electrons. The van der Waals surface area contributed by atoms with E-state index in [4.69, 9.17) is 16.8 Å². The van der Waals surface area contributed by atoms with Gasteiger partial charge in [-0.25, -0.2) is 0 Å². The van der Waals surface area contributed by atoms with Crippen molar-refractivity contribution in [1.29, 1.82) is 0 Å². The number of benzene rings is 2. The molecule has 2 rings (SSSR count). The molecule has 0 aromatic heterocycles. The average Bonchev–Trinajstić information content (AvgIpc) is 2.43. The van der Waals surface area contributed by atoms with Crippen LogP contribution in [0.4, 0.5) is 0 Å². The summed E-state index contributed by atoms with van der Waals surface area (Å²) in [4.78, 5) is 0. The van der Waals surface area contributed by atoms with E-state index in [1.807, 2.05) is 24.3 Å². The highest BCUT2D eigenvalue weighted by Gasteiger charge is 2.09. The quantitative estimate of drug-likeness (QED) is 0.506. The van der Waals surface area contributed by atoms with Crippen molar-refractivity contribution in [3.63, 3.8) is 0 Å². The fraction of sp³-hybridized carbons (Fsp3) is 0.133. The number of oxime groups is 1. The number of rotatable bonds is 4. The zero-order valence-electron chi connectivity index (χ0n) is 10.3. The van der Waals surface area contributed by atoms with Gasteiger partial charge >= 0.3 is 0 Å². The first-order chi connectivity index (χ1) is 9.20. The van der Waals surface area contributed by atoms with Gasteiger partial charge in [-0.15, -0.1) is 0 Å². The van der Waals surface area contributed by atoms with Gasteiger partial charge in [0.25, 0.3) is 0 Å². The van der Waals surface area contributed by atoms with Crippen LogP contribution in [0.5, 0.6) is 5.75 Å². The zero-order chi connectivity index (χ0) is 13.7. The number of nitrogens with zero attached hydrogens (tertiary/aromatic N) is 1. The van der Waals surface area contributed by atoms with E-state index in [1.165, 1.54) is 0 Å². The molecule has 2 N–H and O–H groups in total. The van der Waals surface area contributed by atoms with Crippen molar-refractivity contribution in [2.75, 3.05) is 0 Å². The monoisotopic (exact) mass is 275 g/mol. The summed E-state index contributed by atoms with van der Waals surface area (Å²) in [7, 11) is 0. The van der Waals surface area contributed by atoms with Crippen LogP contribution < -0.4 is 0 Å². The summed E-state index contributed by atoms with van der Waals surface area (Å²) in [5.41, 5.74) is 2.12. The number of hydrogen-bond donors (Lipinski definition) is 2. The average molecular weight is 276 g/mol. The molecule has 2 aromatic carbocycles. The molecule has 0 amide bonds. The Kier molecular flexibility index (Phi) is 4.42. The number of aromatic hydroxyl groups is 1. The van der Waals surface area contributed by atoms with Gasteiger partial charge in [0.15, 0.2) is 0 Å². The van der Waals surface area contributed by atoms with Crippen molar-refractivity contribution in [2.24, 2.45) is 5.16 Å². The molecule has 0 atom stereocenters. The molecule has 2 aromatic rings. The predicted molar refractivity (Wildman–Crippen MR) is 76.2 cm³/mol. The van der Waals surface area contributed by atoms with Crippen molar-refractivity contribution in [1.82, 2.24) is 0 Å². The van der Waals surface area contributed by atoms with Crippen molar-refractivity contribution in [3.8, 4) is 5.75 Å². The highest BCUT2D eigenvalue weighted by atomic mass is 35.5. The minimum atomic E-state index is 0.117. The fourth-order valence-corrected chi connectivity index (χ4v) is 2.00. The fourth-order valence-electron chi connectivity index (χ4n) is 1.87. The van der Waals surface area contributed by atoms with Gasteiger partial charge in [-0.3, -0.25) is 0 Å². The van der Waals surface area contributed by atoms with Gasteiger partial charge < -0.3 is 10.3 Å². The lowest BCUT2D eigenvalue weighted by atomic mass is 10.0. The maximum Gasteiger partial charge on any atom is 0.124 e. The van der Waals surface area contributed by atoms with Crippen molar-refractivity contribution < 1.29 is 10.3 Å². The molecule has 0 spiro atoms. The van der Waals surface area contributed by atoms with E-state index in [0.717, 1.165) is 5.56 Å². The number of aryl methyl sites for hydroxylation is 1. The molecule has 3 nitrogen and oxygen atoms in total. The Labute approximate surface area is 116 Å². The molecule has 0 unspecified atom stereocenters. The van der Waals surface area contributed by atoms with Crippen LogP contribution in [0.1, 0.15) is 17.5 Å². The molecule has 0 saturated carbocycles. The van der Waals surface area contributed by atoms with Crippen LogP contribution in [-0.4, -0.2) is 16.0 Å². The second-order valence-electron chi connectivity index (χ2n) is 4.19. The van der Waals surface area contributed by atoms with Crippen molar-refractivity contribution in [2.45, 2.75) is 12.8 Å². The first-order valence-corrected chi connectivity index (χ1v) is 6.32. The molecule has 0 bridgehead atoms. The molecule has 0 aliphatic rings. The zero-order valence-corrected chi connectivity index (χ0v) is 11.0. The summed E-state index contributed by atoms with van der Waals surface area (Å²) < 4.78 is 0. The molecular weight excluding hydrogens is 262 g/mol. The number of hydrogen-bond acceptors (Lipinski definition) is 3. The summed E-state index contributed by atoms with van der Waals surface area (Å²) in [6.07, 6.45) is 1.25. The Balaban J connectivity index is 2.09. The lowest BCUT2D eigenvalue weighted by molar-refractivity contribution is 0.317. The minimum Gasteiger partial charge on any atom is -0.507 e. The Bertz CT molecular complexity index is 579. The standard InChI is InChI=1S/C15H14ClNO2/c16-12-8-5-11(6-9-12)7-10-14(17-19)13-3-1-2-4-15(13)18/h1-6,8-9,18-19H,7,10H2/b17-14-. The molecule has 0 fully saturated rings. The molecule has 0 saturated heterocycles. The maximum absolute atomic E-state index is 9.74. The number of phenols is 1. The normalized spacial score (nSPS) is 11.5. The van der Waals surface area contributed by atoms with E-state index < -0.39 is 0 Å². The molecular formula is C15H14ClNO2. The summed E-state index contributed by atoms with van der Waals surface area (Å²) in [5.74, 6) is 0.117. The topological polar surface area (TPSA) is 52.8 Å². The van der Waals surface area contributed by atoms with Gasteiger partial charge in [-0.1, -0.05) is 41.0 Å². The molecule has 0 aliphatic carbocycles. The second-order valence-corrected chi connectivity index (χ2v) is 4.63. The number of para-hydroxylation sites is 1. The maximum atomic E-state index is 9.74. The minimum absolute atomic E-state index is 0.117. The summed E-state index contributed by atoms with van der Waals surface area (Å²) in [6, 6.07) is 14.3. The molecule has 19 heavy (non-hydrogen) atoms. The largest absolute Gasteiger partial charge is 0.507 e. The summed E-state index contributed by atoms with van der Waals surface area (Å²) in [6.45, 7) is 0. The van der Waals surface area contributed by atoms with E-state index in [2.05, 4.69) is 5.16 Å². The van der Waals surface area contributed by atoms with Crippen LogP contribution in [0, 0.1) is 0 Å². The van der Waals surface area contributed by atoms with Crippen molar-refractivity contribution >= 4 is 17.3 Å². The first-order valence-electron chi connectivity index (χ1n) is 5.94. The Morgan fingerprint density at radius 1 is 1.05 bits per heavy atom. The number of phenolic OH excluding ortho intramolecular Hbond substituents is 1. The predicted octanol–water partition coefficient (Wildman–Crippen LogP) is 3.86. The van der Waals surface area contributed by atoms with Crippen LogP contribution in [0.3, 0.4) is 0 Å². The SMILES string of the molecule is O/N=C(/CCc1ccc(Cl)cc1)c1ccccc1O. The van der Waals surface area contributed by atoms with Crippen molar-refractivity contribution in [3.05, 3.63) is 64.7 Å². The van der Waals surface area contributed by atoms with Gasteiger partial charge in [0.2, 0.25) is 0 Å². The molecule has 0 heterocycles. The highest BCUT2D eigenvalue weighted by molar-refractivity contribution is 6.30. The van der Waals surface area contributed by atoms with E-state index in [0.29, 0.717) is 29.1 Å². The van der Waals surface area contributed by atoms with Gasteiger partial charge in [0.1, 0.15) is 5.75 Å². The van der Waals surface area contributed by atoms with Crippen LogP contribution in [-0.2, 0) is 6.42 Å². The van der Waals surface area contributed by atoms with Crippen LogP contribution in [0.25, 0.3) is 0 Å². The Morgan fingerprint density at radius 3 is 2.37 bits per heavy atom. The van der Waals surface area contributed by atoms with Gasteiger partial charge in [-0.2, -0.15) is 0 Å². The van der Waals surface area contributed by atoms with Gasteiger partial charge in [-0.05, 0) is 42.7 Å². The van der Waals surface area contributed by atoms with Crippen LogP contribution >= 0.6 is 11.6 Å². The Hall–Kier alpha value is -2.00. The van der Waals surface area contributed by atoms with E-state index in [-0.39, 0.29) is 5.75 Å². The lowest BCUT2D eigenvalue weighted by Gasteiger charge is -2.07. The molecule has 0 aliphatic heterocycles. The third-order valence-electron chi connectivity index (χ3n) is 2.90. The van der Waals surface area contributed by atoms with Gasteiger partial charge in [0, 0.05) is 10.6 Å². The smallest absolute Gasteiger partial charge is 0.124 e. The van der Waals surface area contributed by atoms with E-state index >= 15 is 0 Å². The highest BCUT2D eigenvalue weighted by Crippen LogP contribution is 2.19. The van der Waals surface area contributed by atoms with Crippen LogP contribution in [0.2, 0.25) is 5.02 Å².